The van der Waals surface area contributed by atoms with E-state index in [1.807, 2.05) is 25.1 Å². The van der Waals surface area contributed by atoms with Crippen LogP contribution in [-0.4, -0.2) is 35.7 Å². The summed E-state index contributed by atoms with van der Waals surface area (Å²) in [5, 5.41) is 21.5. The number of aliphatic imine (C=N–C) groups is 2. The zero-order valence-corrected chi connectivity index (χ0v) is 22.9. The maximum Gasteiger partial charge on any atom is 0.128 e. The summed E-state index contributed by atoms with van der Waals surface area (Å²) in [6, 6.07) is 8.16. The Kier molecular flexibility index (Phi) is 8.39. The third kappa shape index (κ3) is 7.19. The predicted molar refractivity (Wildman–Crippen MR) is 147 cm³/mol. The molecule has 2 rings (SSSR count). The number of phenolic OH excluding ortho intramolecular Hbond substituents is 2. The summed E-state index contributed by atoms with van der Waals surface area (Å²) < 4.78 is 0. The highest BCUT2D eigenvalue weighted by molar-refractivity contribution is 5.85. The molecular weight excluding hydrogens is 420 g/mol. The number of phenols is 2. The highest BCUT2D eigenvalue weighted by Crippen LogP contribution is 2.37. The average molecular weight is 465 g/mol. The van der Waals surface area contributed by atoms with Crippen LogP contribution in [0, 0.1) is 6.92 Å². The van der Waals surface area contributed by atoms with E-state index in [4.69, 9.17) is 0 Å². The second kappa shape index (κ2) is 10.3. The van der Waals surface area contributed by atoms with Gasteiger partial charge in [0.2, 0.25) is 0 Å². The molecule has 2 aromatic rings. The van der Waals surface area contributed by atoms with Gasteiger partial charge < -0.3 is 10.2 Å². The third-order valence-corrected chi connectivity index (χ3v) is 5.94. The van der Waals surface area contributed by atoms with Crippen molar-refractivity contribution in [3.8, 4) is 11.5 Å². The number of aryl methyl sites for hydroxylation is 1. The molecule has 0 bridgehead atoms. The van der Waals surface area contributed by atoms with Crippen LogP contribution in [-0.2, 0) is 16.2 Å². The van der Waals surface area contributed by atoms with E-state index in [0.717, 1.165) is 34.2 Å². The molecule has 0 amide bonds. The molecule has 2 aromatic carbocycles. The molecule has 0 fully saturated rings. The third-order valence-electron chi connectivity index (χ3n) is 5.94. The fraction of sp³-hybridized carbons (Fsp3) is 0.533. The Morgan fingerprint density at radius 3 is 1.53 bits per heavy atom. The van der Waals surface area contributed by atoms with Crippen molar-refractivity contribution >= 4 is 12.4 Å². The zero-order chi connectivity index (χ0) is 25.9. The van der Waals surface area contributed by atoms with Gasteiger partial charge in [-0.05, 0) is 52.8 Å². The van der Waals surface area contributed by atoms with Crippen LogP contribution in [0.15, 0.2) is 34.3 Å². The van der Waals surface area contributed by atoms with Gasteiger partial charge in [-0.15, -0.1) is 0 Å². The quantitative estimate of drug-likeness (QED) is 0.350. The SMILES string of the molecule is Cc1cc(C=NCCCN=Cc2cc(C(C)(C)C)cc(C(C)(C)C)c2O)c(O)c(C(C)(C)C)c1. The van der Waals surface area contributed by atoms with Crippen LogP contribution in [0.2, 0.25) is 0 Å². The summed E-state index contributed by atoms with van der Waals surface area (Å²) in [6.45, 7) is 22.5. The van der Waals surface area contributed by atoms with Gasteiger partial charge in [-0.2, -0.15) is 0 Å². The van der Waals surface area contributed by atoms with E-state index in [1.54, 1.807) is 12.4 Å². The molecular formula is C30H44N2O2. The molecule has 4 nitrogen and oxygen atoms in total. The van der Waals surface area contributed by atoms with E-state index in [2.05, 4.69) is 78.4 Å². The molecule has 0 unspecified atom stereocenters. The fourth-order valence-electron chi connectivity index (χ4n) is 3.82. The van der Waals surface area contributed by atoms with Crippen LogP contribution in [0.3, 0.4) is 0 Å². The van der Waals surface area contributed by atoms with Gasteiger partial charge in [0, 0.05) is 47.8 Å². The minimum atomic E-state index is -0.156. The highest BCUT2D eigenvalue weighted by Gasteiger charge is 2.24. The summed E-state index contributed by atoms with van der Waals surface area (Å²) in [7, 11) is 0. The van der Waals surface area contributed by atoms with Crippen molar-refractivity contribution in [3.63, 3.8) is 0 Å². The van der Waals surface area contributed by atoms with Crippen molar-refractivity contribution in [2.45, 2.75) is 91.9 Å². The van der Waals surface area contributed by atoms with Gasteiger partial charge in [0.25, 0.3) is 0 Å². The first-order chi connectivity index (χ1) is 15.5. The highest BCUT2D eigenvalue weighted by atomic mass is 16.3. The summed E-state index contributed by atoms with van der Waals surface area (Å²) in [5.41, 5.74) is 5.40. The molecule has 0 heterocycles. The van der Waals surface area contributed by atoms with Gasteiger partial charge >= 0.3 is 0 Å². The number of aromatic hydroxyl groups is 2. The van der Waals surface area contributed by atoms with Crippen molar-refractivity contribution in [1.82, 2.24) is 0 Å². The van der Waals surface area contributed by atoms with Crippen LogP contribution in [0.4, 0.5) is 0 Å². The maximum atomic E-state index is 10.9. The molecule has 4 heteroatoms. The van der Waals surface area contributed by atoms with Gasteiger partial charge in [-0.1, -0.05) is 74.4 Å². The van der Waals surface area contributed by atoms with E-state index < -0.39 is 0 Å². The van der Waals surface area contributed by atoms with Crippen molar-refractivity contribution in [2.75, 3.05) is 13.1 Å². The number of benzene rings is 2. The summed E-state index contributed by atoms with van der Waals surface area (Å²) in [5.74, 6) is 0.621. The first kappa shape index (κ1) is 27.6. The maximum absolute atomic E-state index is 10.9. The summed E-state index contributed by atoms with van der Waals surface area (Å²) >= 11 is 0. The molecule has 186 valence electrons. The van der Waals surface area contributed by atoms with Crippen molar-refractivity contribution in [1.29, 1.82) is 0 Å². The number of hydrogen-bond donors (Lipinski definition) is 2. The molecule has 0 aliphatic carbocycles. The lowest BCUT2D eigenvalue weighted by atomic mass is 9.79. The molecule has 0 spiro atoms. The predicted octanol–water partition coefficient (Wildman–Crippen LogP) is 7.23. The van der Waals surface area contributed by atoms with Crippen LogP contribution in [0.1, 0.15) is 102 Å². The average Bonchev–Trinajstić information content (AvgIpc) is 2.67. The Bertz CT molecular complexity index is 1060. The molecule has 2 N–H and O–H groups in total. The van der Waals surface area contributed by atoms with Crippen molar-refractivity contribution in [2.24, 2.45) is 9.98 Å². The van der Waals surface area contributed by atoms with Crippen LogP contribution in [0.5, 0.6) is 11.5 Å². The first-order valence-corrected chi connectivity index (χ1v) is 12.2. The molecule has 0 saturated heterocycles. The molecule has 0 aliphatic heterocycles. The van der Waals surface area contributed by atoms with Crippen LogP contribution >= 0.6 is 0 Å². The molecule has 0 atom stereocenters. The number of rotatable bonds is 6. The molecule has 0 aliphatic rings. The fourth-order valence-corrected chi connectivity index (χ4v) is 3.82. The Morgan fingerprint density at radius 2 is 1.09 bits per heavy atom. The van der Waals surface area contributed by atoms with Crippen molar-refractivity contribution < 1.29 is 10.2 Å². The molecule has 0 radical (unpaired) electrons. The van der Waals surface area contributed by atoms with Gasteiger partial charge in [-0.3, -0.25) is 9.98 Å². The Balaban J connectivity index is 2.09. The Morgan fingerprint density at radius 1 is 0.647 bits per heavy atom. The molecule has 0 aromatic heterocycles. The Hall–Kier alpha value is -2.62. The standard InChI is InChI=1S/C30H44N2O2/c1-20-14-21(26(33)24(15-20)29(5,6)7)18-31-12-11-13-32-19-22-16-23(28(2,3)4)17-25(27(22)34)30(8,9)10/h14-19,33-34H,11-13H2,1-10H3. The van der Waals surface area contributed by atoms with Crippen molar-refractivity contribution in [3.05, 3.63) is 57.6 Å². The molecule has 34 heavy (non-hydrogen) atoms. The first-order valence-electron chi connectivity index (χ1n) is 12.2. The lowest BCUT2D eigenvalue weighted by molar-refractivity contribution is 0.443. The summed E-state index contributed by atoms with van der Waals surface area (Å²) in [4.78, 5) is 9.08. The van der Waals surface area contributed by atoms with Gasteiger partial charge in [0.05, 0.1) is 0 Å². The van der Waals surface area contributed by atoms with E-state index in [-0.39, 0.29) is 16.2 Å². The van der Waals surface area contributed by atoms with E-state index >= 15 is 0 Å². The van der Waals surface area contributed by atoms with E-state index in [9.17, 15) is 10.2 Å². The lowest BCUT2D eigenvalue weighted by Gasteiger charge is -2.27. The number of hydrogen-bond acceptors (Lipinski definition) is 4. The smallest absolute Gasteiger partial charge is 0.128 e. The molecule has 0 saturated carbocycles. The minimum absolute atomic E-state index is 0.0147. The summed E-state index contributed by atoms with van der Waals surface area (Å²) in [6.07, 6.45) is 4.33. The van der Waals surface area contributed by atoms with Gasteiger partial charge in [0.1, 0.15) is 11.5 Å². The second-order valence-corrected chi connectivity index (χ2v) is 12.4. The normalized spacial score (nSPS) is 13.4. The van der Waals surface area contributed by atoms with E-state index in [0.29, 0.717) is 24.6 Å². The zero-order valence-electron chi connectivity index (χ0n) is 22.9. The van der Waals surface area contributed by atoms with E-state index in [1.165, 1.54) is 5.56 Å². The monoisotopic (exact) mass is 464 g/mol. The largest absolute Gasteiger partial charge is 0.507 e. The Labute approximate surface area is 206 Å². The van der Waals surface area contributed by atoms with Crippen LogP contribution < -0.4 is 0 Å². The topological polar surface area (TPSA) is 65.2 Å². The minimum Gasteiger partial charge on any atom is -0.507 e. The van der Waals surface area contributed by atoms with Gasteiger partial charge in [0.15, 0.2) is 0 Å². The number of nitrogens with zero attached hydrogens (tertiary/aromatic N) is 2. The lowest BCUT2D eigenvalue weighted by Crippen LogP contribution is -2.17. The van der Waals surface area contributed by atoms with Gasteiger partial charge in [-0.25, -0.2) is 0 Å². The second-order valence-electron chi connectivity index (χ2n) is 12.4. The van der Waals surface area contributed by atoms with Crippen LogP contribution in [0.25, 0.3) is 0 Å².